The molecule has 0 atom stereocenters. The van der Waals surface area contributed by atoms with Gasteiger partial charge < -0.3 is 19.3 Å². The molecule has 0 radical (unpaired) electrons. The summed E-state index contributed by atoms with van der Waals surface area (Å²) in [5, 5.41) is 23.1. The Kier molecular flexibility index (Phi) is 9.77. The molecule has 2 N–H and O–H groups in total. The number of nitrogens with one attached hydrogen (secondary N) is 1. The number of hydrogen-bond donors (Lipinski definition) is 2. The molecule has 3 aromatic carbocycles. The van der Waals surface area contributed by atoms with Gasteiger partial charge in [-0.25, -0.2) is 9.78 Å². The average Bonchev–Trinajstić information content (AvgIpc) is 3.48. The zero-order valence-electron chi connectivity index (χ0n) is 21.5. The first-order chi connectivity index (χ1) is 19.1. The first-order valence-electron chi connectivity index (χ1n) is 12.4. The fourth-order valence-electron chi connectivity index (χ4n) is 3.51. The lowest BCUT2D eigenvalue weighted by Gasteiger charge is -2.10. The summed E-state index contributed by atoms with van der Waals surface area (Å²) in [7, 11) is 0. The molecule has 10 nitrogen and oxygen atoms in total. The number of carboxylic acids is 1. The predicted molar refractivity (Wildman–Crippen MR) is 145 cm³/mol. The summed E-state index contributed by atoms with van der Waals surface area (Å²) < 4.78 is 16.9. The normalized spacial score (nSPS) is 10.4. The van der Waals surface area contributed by atoms with Gasteiger partial charge in [0.25, 0.3) is 0 Å². The summed E-state index contributed by atoms with van der Waals surface area (Å²) in [5.41, 5.74) is 2.74. The fourth-order valence-corrected chi connectivity index (χ4v) is 3.51. The van der Waals surface area contributed by atoms with Gasteiger partial charge in [0.2, 0.25) is 0 Å². The molecule has 10 heteroatoms. The standard InChI is InChI=1S/C25H21NO5.C4H8N4/c27-25(28)17-31-21-12-8-18(9-13-21)15-29-22-5-3-6-23(14-22)30-16-20-11-10-19-4-1-2-7-24(19)26-20;1-2-3-4-5-7-8-6-4/h1-14H,15-17H2,(H,27,28);2-3H2,1H3,(H,5,6,7,8). The minimum absolute atomic E-state index is 0.364. The molecule has 2 heterocycles. The van der Waals surface area contributed by atoms with Crippen LogP contribution in [-0.2, 0) is 24.4 Å². The van der Waals surface area contributed by atoms with Crippen LogP contribution in [0.25, 0.3) is 10.9 Å². The number of nitrogens with zero attached hydrogens (tertiary/aromatic N) is 4. The van der Waals surface area contributed by atoms with Crippen LogP contribution >= 0.6 is 0 Å². The summed E-state index contributed by atoms with van der Waals surface area (Å²) in [6.45, 7) is 2.45. The average molecular weight is 528 g/mol. The second-order valence-corrected chi connectivity index (χ2v) is 8.45. The monoisotopic (exact) mass is 527 g/mol. The number of benzene rings is 3. The summed E-state index contributed by atoms with van der Waals surface area (Å²) >= 11 is 0. The van der Waals surface area contributed by atoms with Crippen LogP contribution in [0.15, 0.2) is 84.9 Å². The number of tetrazole rings is 1. The summed E-state index contributed by atoms with van der Waals surface area (Å²) in [6, 6.07) is 26.6. The van der Waals surface area contributed by atoms with E-state index in [1.165, 1.54) is 0 Å². The molecule has 0 aliphatic heterocycles. The Labute approximate surface area is 225 Å². The first-order valence-corrected chi connectivity index (χ1v) is 12.4. The highest BCUT2D eigenvalue weighted by Crippen LogP contribution is 2.22. The molecule has 2 aromatic heterocycles. The molecule has 0 amide bonds. The highest BCUT2D eigenvalue weighted by Gasteiger charge is 2.04. The van der Waals surface area contributed by atoms with Gasteiger partial charge in [-0.2, -0.15) is 5.21 Å². The van der Waals surface area contributed by atoms with E-state index >= 15 is 0 Å². The summed E-state index contributed by atoms with van der Waals surface area (Å²) in [6.07, 6.45) is 1.98. The van der Waals surface area contributed by atoms with Gasteiger partial charge in [0, 0.05) is 17.9 Å². The van der Waals surface area contributed by atoms with Crippen molar-refractivity contribution in [1.29, 1.82) is 0 Å². The van der Waals surface area contributed by atoms with E-state index in [2.05, 4.69) is 32.5 Å². The molecule has 5 aromatic rings. The van der Waals surface area contributed by atoms with E-state index in [0.29, 0.717) is 30.5 Å². The van der Waals surface area contributed by atoms with Crippen LogP contribution in [0.5, 0.6) is 17.2 Å². The lowest BCUT2D eigenvalue weighted by molar-refractivity contribution is -0.139. The number of aromatic nitrogens is 5. The van der Waals surface area contributed by atoms with E-state index < -0.39 is 5.97 Å². The maximum Gasteiger partial charge on any atom is 0.341 e. The zero-order valence-corrected chi connectivity index (χ0v) is 21.5. The summed E-state index contributed by atoms with van der Waals surface area (Å²) in [5.74, 6) is 1.68. The third kappa shape index (κ3) is 8.81. The van der Waals surface area contributed by atoms with Crippen molar-refractivity contribution in [3.63, 3.8) is 0 Å². The fraction of sp³-hybridized carbons (Fsp3) is 0.207. The molecule has 0 aliphatic carbocycles. The molecule has 39 heavy (non-hydrogen) atoms. The minimum Gasteiger partial charge on any atom is -0.489 e. The quantitative estimate of drug-likeness (QED) is 0.243. The molecular weight excluding hydrogens is 498 g/mol. The number of aliphatic carboxylic acids is 1. The Balaban J connectivity index is 0.000000379. The third-order valence-electron chi connectivity index (χ3n) is 5.40. The maximum absolute atomic E-state index is 10.5. The molecule has 0 saturated carbocycles. The zero-order chi connectivity index (χ0) is 27.3. The molecular formula is C29H29N5O5. The molecule has 5 rings (SSSR count). The number of aromatic amines is 1. The van der Waals surface area contributed by atoms with Gasteiger partial charge in [-0.1, -0.05) is 54.6 Å². The van der Waals surface area contributed by atoms with Crippen LogP contribution in [0.4, 0.5) is 0 Å². The van der Waals surface area contributed by atoms with Gasteiger partial charge in [0.15, 0.2) is 12.4 Å². The van der Waals surface area contributed by atoms with Gasteiger partial charge in [-0.3, -0.25) is 0 Å². The van der Waals surface area contributed by atoms with Crippen molar-refractivity contribution in [2.75, 3.05) is 6.61 Å². The number of H-pyrrole nitrogens is 1. The van der Waals surface area contributed by atoms with E-state index in [4.69, 9.17) is 19.3 Å². The van der Waals surface area contributed by atoms with Crippen LogP contribution in [0.2, 0.25) is 0 Å². The van der Waals surface area contributed by atoms with Gasteiger partial charge in [0.05, 0.1) is 11.2 Å². The Morgan fingerprint density at radius 2 is 1.62 bits per heavy atom. The van der Waals surface area contributed by atoms with Crippen molar-refractivity contribution in [2.45, 2.75) is 33.0 Å². The molecule has 0 spiro atoms. The van der Waals surface area contributed by atoms with Gasteiger partial charge in [0.1, 0.15) is 30.5 Å². The molecule has 200 valence electrons. The van der Waals surface area contributed by atoms with Gasteiger partial charge in [-0.05, 0) is 48.4 Å². The number of aryl methyl sites for hydroxylation is 1. The first kappa shape index (κ1) is 27.1. The van der Waals surface area contributed by atoms with Crippen molar-refractivity contribution in [1.82, 2.24) is 25.6 Å². The maximum atomic E-state index is 10.5. The number of para-hydroxylation sites is 1. The van der Waals surface area contributed by atoms with Crippen molar-refractivity contribution in [2.24, 2.45) is 0 Å². The second-order valence-electron chi connectivity index (χ2n) is 8.45. The molecule has 0 bridgehead atoms. The molecule has 0 aliphatic rings. The molecule has 0 unspecified atom stereocenters. The van der Waals surface area contributed by atoms with E-state index in [-0.39, 0.29) is 6.61 Å². The van der Waals surface area contributed by atoms with Crippen LogP contribution in [0.3, 0.4) is 0 Å². The van der Waals surface area contributed by atoms with Crippen molar-refractivity contribution in [3.05, 3.63) is 102 Å². The lowest BCUT2D eigenvalue weighted by atomic mass is 10.2. The van der Waals surface area contributed by atoms with Crippen LogP contribution < -0.4 is 14.2 Å². The van der Waals surface area contributed by atoms with Crippen LogP contribution in [-0.4, -0.2) is 43.3 Å². The Morgan fingerprint density at radius 3 is 2.33 bits per heavy atom. The Morgan fingerprint density at radius 1 is 0.846 bits per heavy atom. The minimum atomic E-state index is -1.01. The number of rotatable bonds is 11. The van der Waals surface area contributed by atoms with Gasteiger partial charge in [-0.15, -0.1) is 10.2 Å². The SMILES string of the molecule is CCCc1nn[nH]n1.O=C(O)COc1ccc(COc2cccc(OCc3ccc4ccccc4n3)c2)cc1. The molecule has 0 fully saturated rings. The van der Waals surface area contributed by atoms with Gasteiger partial charge >= 0.3 is 5.97 Å². The largest absolute Gasteiger partial charge is 0.489 e. The van der Waals surface area contributed by atoms with Crippen LogP contribution in [0.1, 0.15) is 30.4 Å². The topological polar surface area (TPSA) is 132 Å². The van der Waals surface area contributed by atoms with Crippen LogP contribution in [0, 0.1) is 0 Å². The second kappa shape index (κ2) is 14.1. The van der Waals surface area contributed by atoms with Crippen molar-refractivity contribution in [3.8, 4) is 17.2 Å². The highest BCUT2D eigenvalue weighted by atomic mass is 16.5. The lowest BCUT2D eigenvalue weighted by Crippen LogP contribution is -2.09. The van der Waals surface area contributed by atoms with E-state index in [1.54, 1.807) is 12.1 Å². The number of carboxylic acid groups (broad SMARTS) is 1. The number of fused-ring (bicyclic) bond motifs is 1. The number of ether oxygens (including phenoxy) is 3. The van der Waals surface area contributed by atoms with E-state index in [0.717, 1.165) is 40.8 Å². The Bertz CT molecular complexity index is 1460. The Hall–Kier alpha value is -4.99. The third-order valence-corrected chi connectivity index (χ3v) is 5.40. The summed E-state index contributed by atoms with van der Waals surface area (Å²) in [4.78, 5) is 15.2. The highest BCUT2D eigenvalue weighted by molar-refractivity contribution is 5.78. The number of pyridine rings is 1. The smallest absolute Gasteiger partial charge is 0.341 e. The van der Waals surface area contributed by atoms with Crippen molar-refractivity contribution < 1.29 is 24.1 Å². The van der Waals surface area contributed by atoms with E-state index in [1.807, 2.05) is 72.8 Å². The predicted octanol–water partition coefficient (Wildman–Crippen LogP) is 5.01. The molecule has 0 saturated heterocycles. The van der Waals surface area contributed by atoms with E-state index in [9.17, 15) is 4.79 Å². The number of carbonyl (C=O) groups is 1. The van der Waals surface area contributed by atoms with Crippen molar-refractivity contribution >= 4 is 16.9 Å². The number of hydrogen-bond acceptors (Lipinski definition) is 8.